The largest absolute Gasteiger partial charge is 0.368 e. The number of amides is 2. The zero-order chi connectivity index (χ0) is 13.9. The molecule has 0 aromatic rings. The number of primary amides is 1. The van der Waals surface area contributed by atoms with Crippen LogP contribution in [0.3, 0.4) is 0 Å². The van der Waals surface area contributed by atoms with Gasteiger partial charge in [-0.3, -0.25) is 9.59 Å². The summed E-state index contributed by atoms with van der Waals surface area (Å²) in [6, 6.07) is -0.210. The van der Waals surface area contributed by atoms with Gasteiger partial charge in [0.05, 0.1) is 0 Å². The Kier molecular flexibility index (Phi) is 5.13. The molecular weight excluding hydrogens is 218 g/mol. The van der Waals surface area contributed by atoms with Gasteiger partial charge in [-0.05, 0) is 25.7 Å². The molecule has 100 valence electrons. The van der Waals surface area contributed by atoms with Crippen LogP contribution in [0.25, 0.3) is 0 Å². The molecule has 0 radical (unpaired) electrons. The Hall–Kier alpha value is -1.10. The average molecular weight is 243 g/mol. The normalized spacial score (nSPS) is 14.2. The molecule has 0 aliphatic heterocycles. The summed E-state index contributed by atoms with van der Waals surface area (Å²) in [5, 5.41) is 2.58. The van der Waals surface area contributed by atoms with Crippen molar-refractivity contribution in [3.8, 4) is 0 Å². The van der Waals surface area contributed by atoms with E-state index in [1.165, 1.54) is 0 Å². The molecule has 0 fully saturated rings. The lowest BCUT2D eigenvalue weighted by atomic mass is 9.87. The Morgan fingerprint density at radius 2 is 1.65 bits per heavy atom. The highest BCUT2D eigenvalue weighted by molar-refractivity contribution is 5.89. The third-order valence-electron chi connectivity index (χ3n) is 2.39. The third-order valence-corrected chi connectivity index (χ3v) is 2.39. The maximum absolute atomic E-state index is 11.7. The first-order chi connectivity index (χ1) is 7.44. The van der Waals surface area contributed by atoms with E-state index in [-0.39, 0.29) is 23.8 Å². The smallest absolute Gasteiger partial charge is 0.242 e. The van der Waals surface area contributed by atoms with Crippen LogP contribution in [0, 0.1) is 5.41 Å². The highest BCUT2D eigenvalue weighted by Gasteiger charge is 2.27. The Balaban J connectivity index is 4.24. The first-order valence-corrected chi connectivity index (χ1v) is 5.80. The number of nitrogens with two attached hydrogens (primary N) is 2. The second-order valence-electron chi connectivity index (χ2n) is 6.27. The molecule has 1 unspecified atom stereocenters. The van der Waals surface area contributed by atoms with E-state index in [1.807, 2.05) is 0 Å². The molecule has 0 heterocycles. The lowest BCUT2D eigenvalue weighted by Gasteiger charge is -2.25. The molecule has 0 aliphatic carbocycles. The lowest BCUT2D eigenvalue weighted by Crippen LogP contribution is -2.53. The van der Waals surface area contributed by atoms with E-state index in [4.69, 9.17) is 11.5 Å². The van der Waals surface area contributed by atoms with Crippen molar-refractivity contribution >= 4 is 11.8 Å². The summed E-state index contributed by atoms with van der Waals surface area (Å²) in [6.07, 6.45) is 0.950. The summed E-state index contributed by atoms with van der Waals surface area (Å²) >= 11 is 0. The first-order valence-electron chi connectivity index (χ1n) is 5.80. The Bertz CT molecular complexity index is 293. The molecule has 0 rings (SSSR count). The second-order valence-corrected chi connectivity index (χ2v) is 6.27. The molecular formula is C12H25N3O2. The number of hydrogen-bond donors (Lipinski definition) is 3. The monoisotopic (exact) mass is 243 g/mol. The van der Waals surface area contributed by atoms with Crippen LogP contribution in [0.4, 0.5) is 0 Å². The SMILES string of the molecule is CC(C)(C)CC(N)CC(=O)NC(C)(C)C(N)=O. The van der Waals surface area contributed by atoms with Gasteiger partial charge < -0.3 is 16.8 Å². The van der Waals surface area contributed by atoms with Crippen molar-refractivity contribution in [1.29, 1.82) is 0 Å². The molecule has 0 spiro atoms. The van der Waals surface area contributed by atoms with E-state index >= 15 is 0 Å². The fraction of sp³-hybridized carbons (Fsp3) is 0.833. The van der Waals surface area contributed by atoms with Gasteiger partial charge in [0.2, 0.25) is 11.8 Å². The molecule has 17 heavy (non-hydrogen) atoms. The molecule has 0 saturated heterocycles. The van der Waals surface area contributed by atoms with Crippen LogP contribution in [0.2, 0.25) is 0 Å². The van der Waals surface area contributed by atoms with Crippen molar-refractivity contribution in [3.63, 3.8) is 0 Å². The fourth-order valence-electron chi connectivity index (χ4n) is 1.56. The maximum Gasteiger partial charge on any atom is 0.242 e. The fourth-order valence-corrected chi connectivity index (χ4v) is 1.56. The molecule has 2 amide bonds. The highest BCUT2D eigenvalue weighted by Crippen LogP contribution is 2.21. The quantitative estimate of drug-likeness (QED) is 0.656. The van der Waals surface area contributed by atoms with E-state index in [0.717, 1.165) is 6.42 Å². The van der Waals surface area contributed by atoms with Gasteiger partial charge >= 0.3 is 0 Å². The third kappa shape index (κ3) is 6.94. The molecule has 0 saturated carbocycles. The van der Waals surface area contributed by atoms with E-state index in [0.29, 0.717) is 0 Å². The molecule has 0 aliphatic rings. The minimum absolute atomic E-state index is 0.0822. The van der Waals surface area contributed by atoms with Crippen LogP contribution < -0.4 is 16.8 Å². The number of hydrogen-bond acceptors (Lipinski definition) is 3. The van der Waals surface area contributed by atoms with Crippen LogP contribution in [-0.4, -0.2) is 23.4 Å². The molecule has 1 atom stereocenters. The lowest BCUT2D eigenvalue weighted by molar-refractivity contribution is -0.130. The molecule has 5 nitrogen and oxygen atoms in total. The molecule has 0 bridgehead atoms. The van der Waals surface area contributed by atoms with Gasteiger partial charge in [0.25, 0.3) is 0 Å². The van der Waals surface area contributed by atoms with Gasteiger partial charge in [0.1, 0.15) is 5.54 Å². The van der Waals surface area contributed by atoms with E-state index in [9.17, 15) is 9.59 Å². The van der Waals surface area contributed by atoms with Crippen molar-refractivity contribution in [2.24, 2.45) is 16.9 Å². The van der Waals surface area contributed by atoms with E-state index in [2.05, 4.69) is 26.1 Å². The zero-order valence-electron chi connectivity index (χ0n) is 11.5. The van der Waals surface area contributed by atoms with Gasteiger partial charge in [-0.15, -0.1) is 0 Å². The van der Waals surface area contributed by atoms with Gasteiger partial charge in [-0.2, -0.15) is 0 Å². The Morgan fingerprint density at radius 1 is 1.18 bits per heavy atom. The van der Waals surface area contributed by atoms with Crippen molar-refractivity contribution in [1.82, 2.24) is 5.32 Å². The topological polar surface area (TPSA) is 98.2 Å². The van der Waals surface area contributed by atoms with E-state index < -0.39 is 11.4 Å². The van der Waals surface area contributed by atoms with Crippen LogP contribution in [-0.2, 0) is 9.59 Å². The summed E-state index contributed by atoms with van der Waals surface area (Å²) in [5.41, 5.74) is 10.1. The zero-order valence-corrected chi connectivity index (χ0v) is 11.5. The predicted molar refractivity (Wildman–Crippen MR) is 68.1 cm³/mol. The summed E-state index contributed by atoms with van der Waals surface area (Å²) in [7, 11) is 0. The highest BCUT2D eigenvalue weighted by atomic mass is 16.2. The summed E-state index contributed by atoms with van der Waals surface area (Å²) in [5.74, 6) is -0.805. The number of rotatable bonds is 5. The van der Waals surface area contributed by atoms with Crippen molar-refractivity contribution in [2.75, 3.05) is 0 Å². The molecule has 5 N–H and O–H groups in total. The van der Waals surface area contributed by atoms with Crippen molar-refractivity contribution < 1.29 is 9.59 Å². The van der Waals surface area contributed by atoms with Crippen LogP contribution in [0.15, 0.2) is 0 Å². The number of carbonyl (C=O) groups is 2. The Labute approximate surface area is 103 Å². The summed E-state index contributed by atoms with van der Waals surface area (Å²) in [6.45, 7) is 9.35. The second kappa shape index (κ2) is 5.49. The van der Waals surface area contributed by atoms with Crippen LogP contribution in [0.1, 0.15) is 47.5 Å². The van der Waals surface area contributed by atoms with Gasteiger partial charge in [-0.1, -0.05) is 20.8 Å². The van der Waals surface area contributed by atoms with E-state index in [1.54, 1.807) is 13.8 Å². The minimum atomic E-state index is -1.03. The number of nitrogens with one attached hydrogen (secondary N) is 1. The average Bonchev–Trinajstić information content (AvgIpc) is 1.96. The van der Waals surface area contributed by atoms with Crippen molar-refractivity contribution in [3.05, 3.63) is 0 Å². The standard InChI is InChI=1S/C12H25N3O2/c1-11(2,3)7-8(13)6-9(16)15-12(4,5)10(14)17/h8H,6-7,13H2,1-5H3,(H2,14,17)(H,15,16). The molecule has 0 aromatic heterocycles. The Morgan fingerprint density at radius 3 is 2.00 bits per heavy atom. The van der Waals surface area contributed by atoms with Gasteiger partial charge in [-0.25, -0.2) is 0 Å². The van der Waals surface area contributed by atoms with Gasteiger partial charge in [0.15, 0.2) is 0 Å². The van der Waals surface area contributed by atoms with Crippen LogP contribution in [0.5, 0.6) is 0 Å². The van der Waals surface area contributed by atoms with Crippen LogP contribution >= 0.6 is 0 Å². The van der Waals surface area contributed by atoms with Gasteiger partial charge in [0, 0.05) is 12.5 Å². The minimum Gasteiger partial charge on any atom is -0.368 e. The first kappa shape index (κ1) is 15.9. The number of carbonyl (C=O) groups excluding carboxylic acids is 2. The maximum atomic E-state index is 11.7. The molecule has 5 heteroatoms. The summed E-state index contributed by atoms with van der Waals surface area (Å²) < 4.78 is 0. The van der Waals surface area contributed by atoms with Crippen molar-refractivity contribution in [2.45, 2.75) is 59.0 Å². The summed E-state index contributed by atoms with van der Waals surface area (Å²) in [4.78, 5) is 22.7. The predicted octanol–water partition coefficient (Wildman–Crippen LogP) is 0.520. The molecule has 0 aromatic carbocycles.